The highest BCUT2D eigenvalue weighted by Gasteiger charge is 2.14. The monoisotopic (exact) mass is 273 g/mol. The summed E-state index contributed by atoms with van der Waals surface area (Å²) in [6.07, 6.45) is 3.75. The van der Waals surface area contributed by atoms with Crippen molar-refractivity contribution in [2.75, 3.05) is 11.9 Å². The van der Waals surface area contributed by atoms with Crippen molar-refractivity contribution >= 4 is 5.95 Å². The molecule has 1 aromatic carbocycles. The van der Waals surface area contributed by atoms with Gasteiger partial charge in [0.2, 0.25) is 5.95 Å². The molecule has 4 heteroatoms. The lowest BCUT2D eigenvalue weighted by Crippen LogP contribution is -2.12. The largest absolute Gasteiger partial charge is 0.352 e. The average Bonchev–Trinajstić information content (AvgIpc) is 2.79. The Bertz CT molecular complexity index is 616. The Hall–Kier alpha value is -2.10. The van der Waals surface area contributed by atoms with Crippen LogP contribution in [0.5, 0.6) is 0 Å². The van der Waals surface area contributed by atoms with Crippen LogP contribution in [0.2, 0.25) is 0 Å². The molecule has 0 aliphatic rings. The maximum atomic E-state index is 13.7. The summed E-state index contributed by atoms with van der Waals surface area (Å²) >= 11 is 0. The molecule has 0 saturated carbocycles. The van der Waals surface area contributed by atoms with Gasteiger partial charge in [-0.05, 0) is 38.0 Å². The highest BCUT2D eigenvalue weighted by atomic mass is 19.1. The molecule has 106 valence electrons. The maximum Gasteiger partial charge on any atom is 0.203 e. The minimum atomic E-state index is -0.174. The smallest absolute Gasteiger partial charge is 0.203 e. The minimum Gasteiger partial charge on any atom is -0.352 e. The van der Waals surface area contributed by atoms with Crippen molar-refractivity contribution in [1.29, 1.82) is 0 Å². The van der Waals surface area contributed by atoms with Crippen LogP contribution in [-0.2, 0) is 0 Å². The molecule has 0 spiro atoms. The molecule has 20 heavy (non-hydrogen) atoms. The fourth-order valence-electron chi connectivity index (χ4n) is 2.14. The normalized spacial score (nSPS) is 12.2. The second-order valence-corrected chi connectivity index (χ2v) is 4.97. The Morgan fingerprint density at radius 1 is 1.45 bits per heavy atom. The van der Waals surface area contributed by atoms with Gasteiger partial charge in [0.05, 0.1) is 11.7 Å². The lowest BCUT2D eigenvalue weighted by Gasteiger charge is -2.17. The first kappa shape index (κ1) is 14.3. The number of hydrogen-bond acceptors (Lipinski definition) is 2. The summed E-state index contributed by atoms with van der Waals surface area (Å²) in [6, 6.07) is 5.36. The summed E-state index contributed by atoms with van der Waals surface area (Å²) in [6.45, 7) is 10.1. The fraction of sp³-hybridized carbons (Fsp3) is 0.312. The van der Waals surface area contributed by atoms with E-state index in [0.29, 0.717) is 12.1 Å². The summed E-state index contributed by atoms with van der Waals surface area (Å²) < 4.78 is 15.7. The Morgan fingerprint density at radius 2 is 2.20 bits per heavy atom. The van der Waals surface area contributed by atoms with Crippen molar-refractivity contribution in [3.05, 3.63) is 59.7 Å². The molecule has 1 aromatic heterocycles. The van der Waals surface area contributed by atoms with E-state index in [4.69, 9.17) is 0 Å². The van der Waals surface area contributed by atoms with Crippen molar-refractivity contribution in [3.63, 3.8) is 0 Å². The number of aromatic nitrogens is 2. The Balaban J connectivity index is 2.34. The number of aryl methyl sites for hydroxylation is 2. The van der Waals surface area contributed by atoms with Crippen molar-refractivity contribution in [3.8, 4) is 0 Å². The number of benzene rings is 1. The molecule has 0 aliphatic heterocycles. The van der Waals surface area contributed by atoms with E-state index in [9.17, 15) is 4.39 Å². The number of halogens is 1. The van der Waals surface area contributed by atoms with Gasteiger partial charge >= 0.3 is 0 Å². The molecule has 1 N–H and O–H groups in total. The van der Waals surface area contributed by atoms with E-state index < -0.39 is 0 Å². The van der Waals surface area contributed by atoms with E-state index in [1.807, 2.05) is 36.7 Å². The van der Waals surface area contributed by atoms with Gasteiger partial charge < -0.3 is 9.88 Å². The Kier molecular flexibility index (Phi) is 4.23. The van der Waals surface area contributed by atoms with E-state index in [-0.39, 0.29) is 11.9 Å². The summed E-state index contributed by atoms with van der Waals surface area (Å²) in [4.78, 5) is 4.45. The summed E-state index contributed by atoms with van der Waals surface area (Å²) in [5.74, 6) is 0.600. The van der Waals surface area contributed by atoms with Gasteiger partial charge in [-0.1, -0.05) is 18.2 Å². The SMILES string of the molecule is C=CCNc1nc(C)cn1C(C)c1ccc(C)c(F)c1. The third-order valence-electron chi connectivity index (χ3n) is 3.35. The molecule has 1 heterocycles. The van der Waals surface area contributed by atoms with Gasteiger partial charge in [0.15, 0.2) is 0 Å². The van der Waals surface area contributed by atoms with E-state index >= 15 is 0 Å². The molecule has 0 fully saturated rings. The first-order valence-corrected chi connectivity index (χ1v) is 6.69. The van der Waals surface area contributed by atoms with Crippen LogP contribution in [0.4, 0.5) is 10.3 Å². The van der Waals surface area contributed by atoms with Gasteiger partial charge in [-0.3, -0.25) is 0 Å². The highest BCUT2D eigenvalue weighted by molar-refractivity contribution is 5.34. The van der Waals surface area contributed by atoms with Crippen molar-refractivity contribution in [2.45, 2.75) is 26.8 Å². The molecule has 0 amide bonds. The van der Waals surface area contributed by atoms with Crippen LogP contribution in [-0.4, -0.2) is 16.1 Å². The van der Waals surface area contributed by atoms with Crippen LogP contribution in [0.1, 0.15) is 29.8 Å². The summed E-state index contributed by atoms with van der Waals surface area (Å²) in [5.41, 5.74) is 2.51. The van der Waals surface area contributed by atoms with E-state index in [2.05, 4.69) is 16.9 Å². The number of rotatable bonds is 5. The van der Waals surface area contributed by atoms with Crippen LogP contribution >= 0.6 is 0 Å². The summed E-state index contributed by atoms with van der Waals surface area (Å²) in [5, 5.41) is 3.20. The summed E-state index contributed by atoms with van der Waals surface area (Å²) in [7, 11) is 0. The molecule has 2 aromatic rings. The van der Waals surface area contributed by atoms with Crippen LogP contribution in [0, 0.1) is 19.7 Å². The quantitative estimate of drug-likeness (QED) is 0.839. The highest BCUT2D eigenvalue weighted by Crippen LogP contribution is 2.24. The van der Waals surface area contributed by atoms with E-state index in [0.717, 1.165) is 17.2 Å². The third-order valence-corrected chi connectivity index (χ3v) is 3.35. The lowest BCUT2D eigenvalue weighted by atomic mass is 10.1. The van der Waals surface area contributed by atoms with Crippen molar-refractivity contribution in [1.82, 2.24) is 9.55 Å². The third kappa shape index (κ3) is 2.90. The van der Waals surface area contributed by atoms with Crippen LogP contribution in [0.25, 0.3) is 0 Å². The number of anilines is 1. The second-order valence-electron chi connectivity index (χ2n) is 4.97. The molecule has 0 aliphatic carbocycles. The predicted molar refractivity (Wildman–Crippen MR) is 80.6 cm³/mol. The average molecular weight is 273 g/mol. The number of nitrogens with zero attached hydrogens (tertiary/aromatic N) is 2. The number of imidazole rings is 1. The van der Waals surface area contributed by atoms with Gasteiger partial charge in [-0.2, -0.15) is 0 Å². The van der Waals surface area contributed by atoms with Crippen LogP contribution in [0.15, 0.2) is 37.1 Å². The fourth-order valence-corrected chi connectivity index (χ4v) is 2.14. The predicted octanol–water partition coefficient (Wildman–Crippen LogP) is 3.85. The van der Waals surface area contributed by atoms with Gasteiger partial charge in [0.1, 0.15) is 5.82 Å². The topological polar surface area (TPSA) is 29.9 Å². The van der Waals surface area contributed by atoms with Gasteiger partial charge in [0.25, 0.3) is 0 Å². The standard InChI is InChI=1S/C16H20FN3/c1-5-8-18-16-19-12(3)10-20(16)13(4)14-7-6-11(2)15(17)9-14/h5-7,9-10,13H,1,8H2,2-4H3,(H,18,19). The zero-order chi connectivity index (χ0) is 14.7. The number of hydrogen-bond donors (Lipinski definition) is 1. The van der Waals surface area contributed by atoms with Crippen molar-refractivity contribution in [2.24, 2.45) is 0 Å². The van der Waals surface area contributed by atoms with Gasteiger partial charge in [0, 0.05) is 12.7 Å². The maximum absolute atomic E-state index is 13.7. The van der Waals surface area contributed by atoms with Crippen molar-refractivity contribution < 1.29 is 4.39 Å². The van der Waals surface area contributed by atoms with Gasteiger partial charge in [-0.15, -0.1) is 6.58 Å². The van der Waals surface area contributed by atoms with Gasteiger partial charge in [-0.25, -0.2) is 9.37 Å². The molecule has 2 rings (SSSR count). The molecule has 1 atom stereocenters. The Morgan fingerprint density at radius 3 is 2.85 bits per heavy atom. The molecule has 0 saturated heterocycles. The molecular formula is C16H20FN3. The minimum absolute atomic E-state index is 0.0126. The number of nitrogens with one attached hydrogen (secondary N) is 1. The lowest BCUT2D eigenvalue weighted by molar-refractivity contribution is 0.599. The zero-order valence-corrected chi connectivity index (χ0v) is 12.2. The first-order valence-electron chi connectivity index (χ1n) is 6.69. The molecule has 0 radical (unpaired) electrons. The Labute approximate surface area is 119 Å². The van der Waals surface area contributed by atoms with E-state index in [1.54, 1.807) is 19.1 Å². The second kappa shape index (κ2) is 5.90. The van der Waals surface area contributed by atoms with E-state index in [1.165, 1.54) is 0 Å². The molecule has 1 unspecified atom stereocenters. The van der Waals surface area contributed by atoms with Crippen LogP contribution in [0.3, 0.4) is 0 Å². The van der Waals surface area contributed by atoms with Crippen LogP contribution < -0.4 is 5.32 Å². The molecular weight excluding hydrogens is 253 g/mol. The zero-order valence-electron chi connectivity index (χ0n) is 12.2. The molecule has 0 bridgehead atoms. The molecule has 3 nitrogen and oxygen atoms in total. The first-order chi connectivity index (χ1) is 9.52.